The predicted molar refractivity (Wildman–Crippen MR) is 58.4 cm³/mol. The summed E-state index contributed by atoms with van der Waals surface area (Å²) in [6.45, 7) is 4.36. The summed E-state index contributed by atoms with van der Waals surface area (Å²) in [6.07, 6.45) is 13.7. The third kappa shape index (κ3) is 2.77. The van der Waals surface area contributed by atoms with Gasteiger partial charge in [-0.3, -0.25) is 0 Å². The molecule has 0 aromatic rings. The van der Waals surface area contributed by atoms with Gasteiger partial charge < -0.3 is 0 Å². The Kier molecular flexibility index (Phi) is 3.83. The van der Waals surface area contributed by atoms with E-state index in [0.717, 1.165) is 12.8 Å². The first-order valence-electron chi connectivity index (χ1n) is 5.13. The Morgan fingerprint density at radius 2 is 2.15 bits per heavy atom. The maximum Gasteiger partial charge on any atom is 0.00495 e. The van der Waals surface area contributed by atoms with Gasteiger partial charge in [0.15, 0.2) is 0 Å². The Bertz CT molecular complexity index is 271. The van der Waals surface area contributed by atoms with E-state index in [1.165, 1.54) is 36.0 Å². The van der Waals surface area contributed by atoms with Gasteiger partial charge in [0.1, 0.15) is 0 Å². The number of rotatable bonds is 2. The molecule has 0 saturated heterocycles. The van der Waals surface area contributed by atoms with E-state index in [1.54, 1.807) is 0 Å². The molecule has 0 atom stereocenters. The van der Waals surface area contributed by atoms with Gasteiger partial charge in [0, 0.05) is 5.57 Å². The molecule has 0 nitrogen and oxygen atoms in total. The van der Waals surface area contributed by atoms with E-state index in [4.69, 9.17) is 6.42 Å². The molecule has 0 heteroatoms. The van der Waals surface area contributed by atoms with Crippen LogP contribution >= 0.6 is 0 Å². The van der Waals surface area contributed by atoms with Crippen molar-refractivity contribution in [3.05, 3.63) is 22.8 Å². The Balaban J connectivity index is 2.87. The maximum atomic E-state index is 5.47. The average molecular weight is 174 g/mol. The molecule has 0 unspecified atom stereocenters. The first-order valence-corrected chi connectivity index (χ1v) is 5.13. The molecule has 0 N–H and O–H groups in total. The van der Waals surface area contributed by atoms with E-state index in [1.807, 2.05) is 0 Å². The molecule has 1 aliphatic rings. The lowest BCUT2D eigenvalue weighted by Crippen LogP contribution is -1.96. The second-order valence-electron chi connectivity index (χ2n) is 3.70. The van der Waals surface area contributed by atoms with Gasteiger partial charge in [-0.05, 0) is 44.6 Å². The van der Waals surface area contributed by atoms with Crippen molar-refractivity contribution in [1.82, 2.24) is 0 Å². The Labute approximate surface area is 81.7 Å². The molecule has 0 aromatic carbocycles. The molecule has 0 fully saturated rings. The molecule has 70 valence electrons. The summed E-state index contributed by atoms with van der Waals surface area (Å²) in [5.74, 6) is 2.82. The van der Waals surface area contributed by atoms with Crippen molar-refractivity contribution in [1.29, 1.82) is 0 Å². The lowest BCUT2D eigenvalue weighted by atomic mass is 9.91. The number of terminal acetylenes is 1. The molecule has 1 aliphatic carbocycles. The Morgan fingerprint density at radius 3 is 2.77 bits per heavy atom. The highest BCUT2D eigenvalue weighted by atomic mass is 14.1. The highest BCUT2D eigenvalue weighted by Gasteiger charge is 2.08. The van der Waals surface area contributed by atoms with Gasteiger partial charge in [0.25, 0.3) is 0 Å². The van der Waals surface area contributed by atoms with Crippen LogP contribution in [0.15, 0.2) is 22.8 Å². The van der Waals surface area contributed by atoms with Gasteiger partial charge in [-0.15, -0.1) is 6.42 Å². The van der Waals surface area contributed by atoms with Crippen molar-refractivity contribution in [3.63, 3.8) is 0 Å². The van der Waals surface area contributed by atoms with Crippen LogP contribution in [0.1, 0.15) is 46.0 Å². The molecular weight excluding hydrogens is 156 g/mol. The summed E-state index contributed by atoms with van der Waals surface area (Å²) in [4.78, 5) is 0. The first kappa shape index (κ1) is 10.1. The summed E-state index contributed by atoms with van der Waals surface area (Å²) < 4.78 is 0. The van der Waals surface area contributed by atoms with Gasteiger partial charge in [0.05, 0.1) is 0 Å². The van der Waals surface area contributed by atoms with Gasteiger partial charge in [-0.25, -0.2) is 0 Å². The minimum absolute atomic E-state index is 1.11. The molecule has 0 amide bonds. The lowest BCUT2D eigenvalue weighted by Gasteiger charge is -2.14. The van der Waals surface area contributed by atoms with Crippen LogP contribution in [-0.4, -0.2) is 0 Å². The summed E-state index contributed by atoms with van der Waals surface area (Å²) >= 11 is 0. The molecule has 0 bridgehead atoms. The van der Waals surface area contributed by atoms with E-state index >= 15 is 0 Å². The number of hydrogen-bond donors (Lipinski definition) is 0. The quantitative estimate of drug-likeness (QED) is 0.558. The maximum absolute atomic E-state index is 5.47. The molecule has 0 spiro atoms. The molecule has 1 rings (SSSR count). The molecule has 0 saturated carbocycles. The number of allylic oxidation sites excluding steroid dienone is 4. The van der Waals surface area contributed by atoms with E-state index in [-0.39, 0.29) is 0 Å². The normalized spacial score (nSPS) is 18.7. The van der Waals surface area contributed by atoms with Gasteiger partial charge in [-0.1, -0.05) is 24.5 Å². The van der Waals surface area contributed by atoms with Crippen molar-refractivity contribution in [3.8, 4) is 12.3 Å². The molecule has 0 aliphatic heterocycles. The minimum Gasteiger partial charge on any atom is -0.115 e. The summed E-state index contributed by atoms with van der Waals surface area (Å²) in [5.41, 5.74) is 4.08. The van der Waals surface area contributed by atoms with Crippen LogP contribution in [0.5, 0.6) is 0 Å². The topological polar surface area (TPSA) is 0 Å². The third-order valence-corrected chi connectivity index (χ3v) is 2.66. The van der Waals surface area contributed by atoms with Crippen LogP contribution < -0.4 is 0 Å². The fourth-order valence-electron chi connectivity index (χ4n) is 1.65. The zero-order valence-corrected chi connectivity index (χ0v) is 8.69. The van der Waals surface area contributed by atoms with E-state index in [0.29, 0.717) is 0 Å². The highest BCUT2D eigenvalue weighted by molar-refractivity contribution is 5.39. The minimum atomic E-state index is 1.11. The molecule has 0 radical (unpaired) electrons. The molecule has 13 heavy (non-hydrogen) atoms. The summed E-state index contributed by atoms with van der Waals surface area (Å²) in [7, 11) is 0. The van der Waals surface area contributed by atoms with Gasteiger partial charge in [0.2, 0.25) is 0 Å². The van der Waals surface area contributed by atoms with Crippen molar-refractivity contribution < 1.29 is 0 Å². The van der Waals surface area contributed by atoms with Crippen LogP contribution in [-0.2, 0) is 0 Å². The standard InChI is InChI=1S/C13H18/c1-4-11(3)10-13-9-7-6-8-12(13)5-2/h2,10H,4,6-9H2,1,3H3/b11-10+. The van der Waals surface area contributed by atoms with E-state index in [2.05, 4.69) is 25.8 Å². The van der Waals surface area contributed by atoms with Crippen LogP contribution in [0.3, 0.4) is 0 Å². The Hall–Kier alpha value is -0.960. The van der Waals surface area contributed by atoms with Gasteiger partial charge >= 0.3 is 0 Å². The van der Waals surface area contributed by atoms with E-state index in [9.17, 15) is 0 Å². The molecule has 0 aromatic heterocycles. The van der Waals surface area contributed by atoms with Crippen molar-refractivity contribution in [2.24, 2.45) is 0 Å². The van der Waals surface area contributed by atoms with Crippen molar-refractivity contribution in [2.45, 2.75) is 46.0 Å². The SMILES string of the molecule is C#CC1=C(/C=C(\C)CC)CCCC1. The second-order valence-corrected chi connectivity index (χ2v) is 3.70. The van der Waals surface area contributed by atoms with Crippen molar-refractivity contribution in [2.75, 3.05) is 0 Å². The predicted octanol–water partition coefficient (Wildman–Crippen LogP) is 3.85. The second kappa shape index (κ2) is 4.92. The number of hydrogen-bond acceptors (Lipinski definition) is 0. The highest BCUT2D eigenvalue weighted by Crippen LogP contribution is 2.26. The van der Waals surface area contributed by atoms with Crippen LogP contribution in [0.25, 0.3) is 0 Å². The summed E-state index contributed by atoms with van der Waals surface area (Å²) in [5, 5.41) is 0. The Morgan fingerprint density at radius 1 is 1.46 bits per heavy atom. The summed E-state index contributed by atoms with van der Waals surface area (Å²) in [6, 6.07) is 0. The van der Waals surface area contributed by atoms with Gasteiger partial charge in [-0.2, -0.15) is 0 Å². The van der Waals surface area contributed by atoms with Crippen LogP contribution in [0.2, 0.25) is 0 Å². The zero-order chi connectivity index (χ0) is 9.68. The van der Waals surface area contributed by atoms with Crippen LogP contribution in [0.4, 0.5) is 0 Å². The monoisotopic (exact) mass is 174 g/mol. The first-order chi connectivity index (χ1) is 6.27. The van der Waals surface area contributed by atoms with Crippen molar-refractivity contribution >= 4 is 0 Å². The molecular formula is C13H18. The third-order valence-electron chi connectivity index (χ3n) is 2.66. The lowest BCUT2D eigenvalue weighted by molar-refractivity contribution is 0.695. The largest absolute Gasteiger partial charge is 0.115 e. The molecule has 0 heterocycles. The fourth-order valence-corrected chi connectivity index (χ4v) is 1.65. The average Bonchev–Trinajstić information content (AvgIpc) is 2.18. The zero-order valence-electron chi connectivity index (χ0n) is 8.69. The van der Waals surface area contributed by atoms with E-state index < -0.39 is 0 Å². The smallest absolute Gasteiger partial charge is 0.00495 e. The van der Waals surface area contributed by atoms with Crippen LogP contribution in [0, 0.1) is 12.3 Å². The fraction of sp³-hybridized carbons (Fsp3) is 0.538.